The molecule has 0 saturated heterocycles. The Bertz CT molecular complexity index is 868. The van der Waals surface area contributed by atoms with Crippen LogP contribution in [-0.4, -0.2) is 5.54 Å². The van der Waals surface area contributed by atoms with Crippen molar-refractivity contribution in [1.29, 1.82) is 0 Å². The van der Waals surface area contributed by atoms with Crippen molar-refractivity contribution in [1.82, 2.24) is 0 Å². The van der Waals surface area contributed by atoms with Gasteiger partial charge in [0.2, 0.25) is 0 Å². The molecule has 0 fully saturated rings. The molecule has 0 atom stereocenters. The molecule has 1 N–H and O–H groups in total. The molecule has 2 aromatic carbocycles. The third-order valence-electron chi connectivity index (χ3n) is 4.81. The molecule has 2 aliphatic heterocycles. The van der Waals surface area contributed by atoms with Crippen LogP contribution in [-0.2, 0) is 6.61 Å². The first-order chi connectivity index (χ1) is 10.9. The van der Waals surface area contributed by atoms with E-state index in [2.05, 4.69) is 82.2 Å². The van der Waals surface area contributed by atoms with E-state index in [-0.39, 0.29) is 5.54 Å². The van der Waals surface area contributed by atoms with Crippen LogP contribution in [0.2, 0.25) is 0 Å². The van der Waals surface area contributed by atoms with Crippen LogP contribution in [0.3, 0.4) is 0 Å². The molecular formula is C19H17Br2NO. The first kappa shape index (κ1) is 15.3. The Morgan fingerprint density at radius 2 is 1.91 bits per heavy atom. The van der Waals surface area contributed by atoms with E-state index >= 15 is 0 Å². The van der Waals surface area contributed by atoms with Crippen molar-refractivity contribution in [3.8, 4) is 16.9 Å². The lowest BCUT2D eigenvalue weighted by molar-refractivity contribution is 0.300. The van der Waals surface area contributed by atoms with Gasteiger partial charge in [-0.25, -0.2) is 0 Å². The molecule has 0 aromatic heterocycles. The van der Waals surface area contributed by atoms with Crippen molar-refractivity contribution < 1.29 is 4.74 Å². The van der Waals surface area contributed by atoms with Crippen molar-refractivity contribution in [2.45, 2.75) is 32.9 Å². The molecule has 2 aliphatic rings. The summed E-state index contributed by atoms with van der Waals surface area (Å²) in [5, 5.41) is 3.64. The molecule has 0 aliphatic carbocycles. The maximum Gasteiger partial charge on any atom is 0.141 e. The number of benzene rings is 2. The highest BCUT2D eigenvalue weighted by Gasteiger charge is 2.29. The number of hydrogen-bond donors (Lipinski definition) is 1. The van der Waals surface area contributed by atoms with Crippen molar-refractivity contribution in [3.05, 3.63) is 49.9 Å². The summed E-state index contributed by atoms with van der Waals surface area (Å²) in [5.41, 5.74) is 7.38. The molecule has 0 saturated carbocycles. The minimum atomic E-state index is -0.0132. The predicted octanol–water partition coefficient (Wildman–Crippen LogP) is 6.38. The molecule has 0 spiro atoms. The van der Waals surface area contributed by atoms with Crippen LogP contribution in [0.5, 0.6) is 5.75 Å². The van der Waals surface area contributed by atoms with E-state index in [1.165, 1.54) is 28.0 Å². The number of nitrogens with one attached hydrogen (secondary N) is 1. The summed E-state index contributed by atoms with van der Waals surface area (Å²) in [7, 11) is 0. The minimum Gasteiger partial charge on any atom is -0.487 e. The van der Waals surface area contributed by atoms with Gasteiger partial charge in [0, 0.05) is 26.9 Å². The fraction of sp³-hybridized carbons (Fsp3) is 0.263. The SMILES string of the molecule is CC1=Cc2c(ccc3c2COc2c(Br)cc(Br)cc2-3)NC1(C)C. The van der Waals surface area contributed by atoms with Crippen molar-refractivity contribution >= 4 is 43.6 Å². The van der Waals surface area contributed by atoms with E-state index in [4.69, 9.17) is 4.74 Å². The van der Waals surface area contributed by atoms with Gasteiger partial charge in [-0.05, 0) is 66.0 Å². The van der Waals surface area contributed by atoms with Crippen LogP contribution < -0.4 is 10.1 Å². The van der Waals surface area contributed by atoms with Gasteiger partial charge in [-0.2, -0.15) is 0 Å². The second-order valence-electron chi connectivity index (χ2n) is 6.68. The van der Waals surface area contributed by atoms with Crippen LogP contribution in [0, 0.1) is 0 Å². The lowest BCUT2D eigenvalue weighted by atomic mass is 9.84. The summed E-state index contributed by atoms with van der Waals surface area (Å²) in [6.45, 7) is 7.19. The van der Waals surface area contributed by atoms with Gasteiger partial charge < -0.3 is 10.1 Å². The minimum absolute atomic E-state index is 0.0132. The maximum atomic E-state index is 6.06. The smallest absolute Gasteiger partial charge is 0.141 e. The third kappa shape index (κ3) is 2.34. The summed E-state index contributed by atoms with van der Waals surface area (Å²) in [5.74, 6) is 0.922. The molecule has 4 rings (SSSR count). The summed E-state index contributed by atoms with van der Waals surface area (Å²) in [6.07, 6.45) is 2.30. The number of halogens is 2. The molecule has 0 bridgehead atoms. The van der Waals surface area contributed by atoms with Crippen LogP contribution in [0.25, 0.3) is 17.2 Å². The van der Waals surface area contributed by atoms with Crippen LogP contribution in [0.15, 0.2) is 38.8 Å². The third-order valence-corrected chi connectivity index (χ3v) is 5.86. The van der Waals surface area contributed by atoms with E-state index < -0.39 is 0 Å². The predicted molar refractivity (Wildman–Crippen MR) is 103 cm³/mol. The summed E-state index contributed by atoms with van der Waals surface area (Å²) < 4.78 is 8.09. The zero-order chi connectivity index (χ0) is 16.4. The van der Waals surface area contributed by atoms with Crippen LogP contribution >= 0.6 is 31.9 Å². The van der Waals surface area contributed by atoms with Gasteiger partial charge in [-0.1, -0.05) is 28.1 Å². The standard InChI is InChI=1S/C19H17Br2NO/c1-10-6-13-15-9-23-18-14(7-11(20)8-16(18)21)12(15)4-5-17(13)22-19(10,2)3/h4-8,22H,9H2,1-3H3. The van der Waals surface area contributed by atoms with Crippen LogP contribution in [0.1, 0.15) is 31.9 Å². The Balaban J connectivity index is 1.96. The molecule has 4 heteroatoms. The van der Waals surface area contributed by atoms with E-state index in [1.807, 2.05) is 6.07 Å². The Labute approximate surface area is 153 Å². The second-order valence-corrected chi connectivity index (χ2v) is 8.45. The maximum absolute atomic E-state index is 6.06. The molecule has 0 radical (unpaired) electrons. The van der Waals surface area contributed by atoms with E-state index in [9.17, 15) is 0 Å². The molecule has 0 amide bonds. The van der Waals surface area contributed by atoms with Gasteiger partial charge in [0.1, 0.15) is 12.4 Å². The average molecular weight is 435 g/mol. The molecule has 0 unspecified atom stereocenters. The summed E-state index contributed by atoms with van der Waals surface area (Å²) >= 11 is 7.19. The van der Waals surface area contributed by atoms with Crippen molar-refractivity contribution in [3.63, 3.8) is 0 Å². The Hall–Kier alpha value is -1.26. The highest BCUT2D eigenvalue weighted by molar-refractivity contribution is 9.11. The molecule has 2 nitrogen and oxygen atoms in total. The molecule has 23 heavy (non-hydrogen) atoms. The van der Waals surface area contributed by atoms with Gasteiger partial charge >= 0.3 is 0 Å². The van der Waals surface area contributed by atoms with E-state index in [1.54, 1.807) is 0 Å². The number of hydrogen-bond acceptors (Lipinski definition) is 2. The number of anilines is 1. The first-order valence-electron chi connectivity index (χ1n) is 7.62. The van der Waals surface area contributed by atoms with E-state index in [0.29, 0.717) is 6.61 Å². The van der Waals surface area contributed by atoms with Gasteiger partial charge in [0.25, 0.3) is 0 Å². The topological polar surface area (TPSA) is 21.3 Å². The lowest BCUT2D eigenvalue weighted by Crippen LogP contribution is -2.35. The fourth-order valence-corrected chi connectivity index (χ4v) is 4.57. The van der Waals surface area contributed by atoms with E-state index in [0.717, 1.165) is 20.3 Å². The lowest BCUT2D eigenvalue weighted by Gasteiger charge is -2.36. The fourth-order valence-electron chi connectivity index (χ4n) is 3.23. The Kier molecular flexibility index (Phi) is 3.40. The molecule has 2 heterocycles. The molecular weight excluding hydrogens is 418 g/mol. The average Bonchev–Trinajstić information content (AvgIpc) is 2.47. The van der Waals surface area contributed by atoms with Gasteiger partial charge in [0.15, 0.2) is 0 Å². The number of ether oxygens (including phenoxy) is 1. The molecule has 2 aromatic rings. The zero-order valence-corrected chi connectivity index (χ0v) is 16.4. The number of rotatable bonds is 0. The second kappa shape index (κ2) is 5.12. The van der Waals surface area contributed by atoms with Gasteiger partial charge in [0.05, 0.1) is 10.0 Å². The van der Waals surface area contributed by atoms with Gasteiger partial charge in [-0.3, -0.25) is 0 Å². The molecule has 118 valence electrons. The van der Waals surface area contributed by atoms with Crippen molar-refractivity contribution in [2.75, 3.05) is 5.32 Å². The summed E-state index contributed by atoms with van der Waals surface area (Å²) in [6, 6.07) is 8.53. The van der Waals surface area contributed by atoms with Gasteiger partial charge in [-0.15, -0.1) is 0 Å². The zero-order valence-electron chi connectivity index (χ0n) is 13.3. The normalized spacial score (nSPS) is 17.2. The highest BCUT2D eigenvalue weighted by atomic mass is 79.9. The van der Waals surface area contributed by atoms with Crippen molar-refractivity contribution in [2.24, 2.45) is 0 Å². The quantitative estimate of drug-likeness (QED) is 0.519. The Morgan fingerprint density at radius 1 is 1.13 bits per heavy atom. The first-order valence-corrected chi connectivity index (χ1v) is 9.20. The number of fused-ring (bicyclic) bond motifs is 5. The largest absolute Gasteiger partial charge is 0.487 e. The highest BCUT2D eigenvalue weighted by Crippen LogP contribution is 2.47. The Morgan fingerprint density at radius 3 is 2.70 bits per heavy atom. The monoisotopic (exact) mass is 433 g/mol. The summed E-state index contributed by atoms with van der Waals surface area (Å²) in [4.78, 5) is 0. The van der Waals surface area contributed by atoms with Crippen LogP contribution in [0.4, 0.5) is 5.69 Å².